The lowest BCUT2D eigenvalue weighted by Gasteiger charge is -2.42. The predicted molar refractivity (Wildman–Crippen MR) is 141 cm³/mol. The number of aliphatic carboxylic acids is 1. The van der Waals surface area contributed by atoms with Gasteiger partial charge >= 0.3 is 5.97 Å². The number of carboxylic acid groups (broad SMARTS) is 1. The molecule has 2 aliphatic rings. The topological polar surface area (TPSA) is 251 Å². The van der Waals surface area contributed by atoms with Crippen LogP contribution in [0.5, 0.6) is 0 Å². The molecule has 0 aromatic heterocycles. The van der Waals surface area contributed by atoms with E-state index in [9.17, 15) is 40.2 Å². The normalized spacial score (nSPS) is 34.7. The van der Waals surface area contributed by atoms with Gasteiger partial charge < -0.3 is 65.7 Å². The van der Waals surface area contributed by atoms with Crippen molar-refractivity contribution in [2.24, 2.45) is 5.73 Å². The van der Waals surface area contributed by atoms with Crippen molar-refractivity contribution in [2.75, 3.05) is 19.8 Å². The van der Waals surface area contributed by atoms with Crippen molar-refractivity contribution >= 4 is 11.9 Å². The molecule has 0 aromatic rings. The van der Waals surface area contributed by atoms with E-state index in [2.05, 4.69) is 12.2 Å². The summed E-state index contributed by atoms with van der Waals surface area (Å²) < 4.78 is 22.1. The van der Waals surface area contributed by atoms with Gasteiger partial charge in [-0.2, -0.15) is 0 Å². The second kappa shape index (κ2) is 18.2. The quantitative estimate of drug-likeness (QED) is 0.0755. The zero-order chi connectivity index (χ0) is 30.5. The maximum atomic E-state index is 12.6. The molecular weight excluding hydrogens is 548 g/mol. The number of rotatable bonds is 18. The van der Waals surface area contributed by atoms with E-state index in [4.69, 9.17) is 29.8 Å². The molecule has 0 saturated carbocycles. The van der Waals surface area contributed by atoms with Crippen LogP contribution < -0.4 is 11.1 Å². The summed E-state index contributed by atoms with van der Waals surface area (Å²) in [6, 6.07) is -1.01. The highest BCUT2D eigenvalue weighted by molar-refractivity contribution is 5.81. The third-order valence-corrected chi connectivity index (χ3v) is 7.26. The third kappa shape index (κ3) is 10.9. The van der Waals surface area contributed by atoms with Gasteiger partial charge in [0.2, 0.25) is 0 Å². The number of amides is 1. The van der Waals surface area contributed by atoms with Gasteiger partial charge in [-0.15, -0.1) is 0 Å². The van der Waals surface area contributed by atoms with Crippen molar-refractivity contribution in [1.29, 1.82) is 0 Å². The van der Waals surface area contributed by atoms with Crippen LogP contribution in [0, 0.1) is 0 Å². The fourth-order valence-electron chi connectivity index (χ4n) is 4.59. The molecule has 2 fully saturated rings. The van der Waals surface area contributed by atoms with Crippen LogP contribution in [0.3, 0.4) is 0 Å². The van der Waals surface area contributed by atoms with E-state index in [1.165, 1.54) is 0 Å². The smallest absolute Gasteiger partial charge is 0.320 e. The first-order chi connectivity index (χ1) is 19.5. The lowest BCUT2D eigenvalue weighted by atomic mass is 9.97. The Balaban J connectivity index is 1.85. The molecule has 6 unspecified atom stereocenters. The van der Waals surface area contributed by atoms with E-state index in [0.717, 1.165) is 38.5 Å². The Morgan fingerprint density at radius 1 is 0.780 bits per heavy atom. The van der Waals surface area contributed by atoms with Crippen molar-refractivity contribution in [3.05, 3.63) is 0 Å². The second-order valence-electron chi connectivity index (χ2n) is 10.6. The van der Waals surface area contributed by atoms with Gasteiger partial charge in [-0.3, -0.25) is 9.59 Å². The molecule has 0 spiro atoms. The number of ether oxygens (including phenoxy) is 4. The van der Waals surface area contributed by atoms with E-state index >= 15 is 0 Å². The van der Waals surface area contributed by atoms with Crippen molar-refractivity contribution in [3.63, 3.8) is 0 Å². The highest BCUT2D eigenvalue weighted by Gasteiger charge is 2.49. The molecule has 11 atom stereocenters. The molecule has 41 heavy (non-hydrogen) atoms. The Morgan fingerprint density at radius 3 is 2.05 bits per heavy atom. The van der Waals surface area contributed by atoms with Gasteiger partial charge in [0.15, 0.2) is 18.7 Å². The monoisotopic (exact) mass is 596 g/mol. The standard InChI is InChI=1S/C26H48N2O13/c1-2-3-4-5-6-9-12-38-25-20(33)17(30)16(29)15(40-25)13-39-26-21(34)18(31)19(32)22(41-26)23(35)28-11-8-7-10-14(27)24(36)37/h14-22,25-26,29-34H,2-13,27H2,1H3,(H,28,35)(H,36,37)/t14-,15?,16+,17?,18?,19?,20+,21+,22?,25?,26-/m0/s1. The summed E-state index contributed by atoms with van der Waals surface area (Å²) in [5.41, 5.74) is 5.43. The zero-order valence-corrected chi connectivity index (χ0v) is 23.5. The Morgan fingerprint density at radius 2 is 1.39 bits per heavy atom. The fourth-order valence-corrected chi connectivity index (χ4v) is 4.59. The van der Waals surface area contributed by atoms with Gasteiger partial charge in [-0.25, -0.2) is 0 Å². The van der Waals surface area contributed by atoms with Crippen molar-refractivity contribution < 1.29 is 64.3 Å². The Hall–Kier alpha value is -1.50. The maximum absolute atomic E-state index is 12.6. The summed E-state index contributed by atoms with van der Waals surface area (Å²) in [7, 11) is 0. The van der Waals surface area contributed by atoms with Crippen LogP contribution in [-0.4, -0.2) is 135 Å². The van der Waals surface area contributed by atoms with Gasteiger partial charge in [-0.05, 0) is 25.7 Å². The Bertz CT molecular complexity index is 778. The van der Waals surface area contributed by atoms with Crippen LogP contribution >= 0.6 is 0 Å². The van der Waals surface area contributed by atoms with Crippen molar-refractivity contribution in [2.45, 2.75) is 132 Å². The molecule has 2 rings (SSSR count). The minimum atomic E-state index is -1.81. The number of carbonyl (C=O) groups excluding carboxylic acids is 1. The van der Waals surface area contributed by atoms with Crippen LogP contribution in [0.15, 0.2) is 0 Å². The number of nitrogens with two attached hydrogens (primary N) is 1. The molecule has 0 bridgehead atoms. The molecule has 2 saturated heterocycles. The fraction of sp³-hybridized carbons (Fsp3) is 0.923. The number of hydrogen-bond acceptors (Lipinski definition) is 13. The molecule has 1 amide bonds. The maximum Gasteiger partial charge on any atom is 0.320 e. The largest absolute Gasteiger partial charge is 0.480 e. The minimum Gasteiger partial charge on any atom is -0.480 e. The molecule has 0 aromatic carbocycles. The van der Waals surface area contributed by atoms with E-state index in [1.807, 2.05) is 0 Å². The summed E-state index contributed by atoms with van der Waals surface area (Å²) in [4.78, 5) is 23.3. The molecule has 0 aliphatic carbocycles. The molecule has 10 N–H and O–H groups in total. The van der Waals surface area contributed by atoms with Crippen LogP contribution in [0.2, 0.25) is 0 Å². The van der Waals surface area contributed by atoms with Crippen LogP contribution in [0.4, 0.5) is 0 Å². The Labute approximate surface area is 239 Å². The van der Waals surface area contributed by atoms with Gasteiger partial charge in [0.1, 0.15) is 48.8 Å². The molecule has 240 valence electrons. The van der Waals surface area contributed by atoms with E-state index in [1.54, 1.807) is 0 Å². The molecule has 15 heteroatoms. The third-order valence-electron chi connectivity index (χ3n) is 7.26. The molecule has 15 nitrogen and oxygen atoms in total. The zero-order valence-electron chi connectivity index (χ0n) is 23.5. The lowest BCUT2D eigenvalue weighted by molar-refractivity contribution is -0.326. The van der Waals surface area contributed by atoms with Gasteiger partial charge in [0, 0.05) is 13.2 Å². The van der Waals surface area contributed by atoms with Gasteiger partial charge in [-0.1, -0.05) is 39.0 Å². The van der Waals surface area contributed by atoms with Crippen molar-refractivity contribution in [3.8, 4) is 0 Å². The van der Waals surface area contributed by atoms with Gasteiger partial charge in [0.05, 0.1) is 6.61 Å². The highest BCUT2D eigenvalue weighted by atomic mass is 16.7. The highest BCUT2D eigenvalue weighted by Crippen LogP contribution is 2.26. The first kappa shape index (κ1) is 35.7. The average molecular weight is 597 g/mol. The SMILES string of the molecule is CCCCCCCCOC1OC(CO[C@H]2OC(C(=O)NCCCC[C@H](N)C(=O)O)C(O)C(O)[C@H]2O)[C@@H](O)C(O)[C@H]1O. The van der Waals surface area contributed by atoms with E-state index in [-0.39, 0.29) is 19.6 Å². The minimum absolute atomic E-state index is 0.115. The Kier molecular flexibility index (Phi) is 15.9. The van der Waals surface area contributed by atoms with E-state index < -0.39 is 85.9 Å². The first-order valence-corrected chi connectivity index (χ1v) is 14.4. The summed E-state index contributed by atoms with van der Waals surface area (Å²) in [5, 5.41) is 73.1. The second-order valence-corrected chi connectivity index (χ2v) is 10.6. The summed E-state index contributed by atoms with van der Waals surface area (Å²) >= 11 is 0. The molecule has 2 aliphatic heterocycles. The number of nitrogens with one attached hydrogen (secondary N) is 1. The summed E-state index contributed by atoms with van der Waals surface area (Å²) in [6.07, 6.45) is -8.60. The molecule has 0 radical (unpaired) electrons. The van der Waals surface area contributed by atoms with Crippen molar-refractivity contribution in [1.82, 2.24) is 5.32 Å². The number of carboxylic acids is 1. The number of unbranched alkanes of at least 4 members (excludes halogenated alkanes) is 6. The predicted octanol–water partition coefficient (Wildman–Crippen LogP) is -2.31. The lowest BCUT2D eigenvalue weighted by Crippen LogP contribution is -2.63. The average Bonchev–Trinajstić information content (AvgIpc) is 2.95. The van der Waals surface area contributed by atoms with Gasteiger partial charge in [0.25, 0.3) is 5.91 Å². The number of aliphatic hydroxyl groups excluding tert-OH is 6. The molecular formula is C26H48N2O13. The van der Waals surface area contributed by atoms with Crippen LogP contribution in [-0.2, 0) is 28.5 Å². The number of aliphatic hydroxyl groups is 6. The molecule has 2 heterocycles. The number of hydrogen-bond donors (Lipinski definition) is 9. The number of carbonyl (C=O) groups is 2. The van der Waals surface area contributed by atoms with Crippen LogP contribution in [0.25, 0.3) is 0 Å². The summed E-state index contributed by atoms with van der Waals surface area (Å²) in [5.74, 6) is -1.92. The first-order valence-electron chi connectivity index (χ1n) is 14.4. The van der Waals surface area contributed by atoms with E-state index in [0.29, 0.717) is 12.8 Å². The summed E-state index contributed by atoms with van der Waals surface area (Å²) in [6.45, 7) is 2.03. The van der Waals surface area contributed by atoms with Crippen LogP contribution in [0.1, 0.15) is 64.7 Å².